The molecule has 0 heterocycles. The quantitative estimate of drug-likeness (QED) is 0.782. The maximum absolute atomic E-state index is 13.6. The van der Waals surface area contributed by atoms with E-state index in [4.69, 9.17) is 0 Å². The van der Waals surface area contributed by atoms with Gasteiger partial charge in [0, 0.05) is 25.1 Å². The van der Waals surface area contributed by atoms with Crippen molar-refractivity contribution in [2.75, 3.05) is 13.1 Å². The number of aliphatic hydroxyl groups excluding tert-OH is 1. The van der Waals surface area contributed by atoms with Crippen LogP contribution in [0.5, 0.6) is 0 Å². The van der Waals surface area contributed by atoms with Crippen LogP contribution in [0.4, 0.5) is 13.6 Å². The Labute approximate surface area is 128 Å². The Morgan fingerprint density at radius 3 is 2.77 bits per heavy atom. The van der Waals surface area contributed by atoms with Crippen molar-refractivity contribution < 1.29 is 18.7 Å². The number of aliphatic hydroxyl groups is 1. The van der Waals surface area contributed by atoms with Gasteiger partial charge in [-0.3, -0.25) is 0 Å². The highest BCUT2D eigenvalue weighted by Crippen LogP contribution is 2.24. The van der Waals surface area contributed by atoms with Gasteiger partial charge in [-0.2, -0.15) is 0 Å². The molecule has 3 N–H and O–H groups in total. The second-order valence-corrected chi connectivity index (χ2v) is 5.99. The van der Waals surface area contributed by atoms with Crippen molar-refractivity contribution in [1.82, 2.24) is 10.6 Å². The van der Waals surface area contributed by atoms with Gasteiger partial charge in [0.05, 0.1) is 6.10 Å². The van der Waals surface area contributed by atoms with Crippen LogP contribution in [0.1, 0.15) is 37.7 Å². The van der Waals surface area contributed by atoms with Crippen molar-refractivity contribution in [3.63, 3.8) is 0 Å². The first kappa shape index (κ1) is 16.7. The third kappa shape index (κ3) is 4.66. The Balaban J connectivity index is 1.73. The van der Waals surface area contributed by atoms with Crippen LogP contribution in [0.2, 0.25) is 0 Å². The molecule has 3 atom stereocenters. The molecule has 0 bridgehead atoms. The van der Waals surface area contributed by atoms with Crippen molar-refractivity contribution in [2.45, 2.75) is 38.2 Å². The molecule has 1 aliphatic rings. The molecular weight excluding hydrogens is 290 g/mol. The molecule has 0 spiro atoms. The Morgan fingerprint density at radius 1 is 1.36 bits per heavy atom. The summed E-state index contributed by atoms with van der Waals surface area (Å²) in [5, 5.41) is 14.9. The maximum atomic E-state index is 13.6. The number of amides is 2. The zero-order valence-electron chi connectivity index (χ0n) is 12.6. The monoisotopic (exact) mass is 312 g/mol. The minimum Gasteiger partial charge on any atom is -0.393 e. The first-order valence-corrected chi connectivity index (χ1v) is 7.60. The van der Waals surface area contributed by atoms with Crippen LogP contribution < -0.4 is 10.6 Å². The van der Waals surface area contributed by atoms with E-state index < -0.39 is 11.6 Å². The van der Waals surface area contributed by atoms with Gasteiger partial charge < -0.3 is 15.7 Å². The molecule has 2 amide bonds. The summed E-state index contributed by atoms with van der Waals surface area (Å²) in [7, 11) is 0. The summed E-state index contributed by atoms with van der Waals surface area (Å²) >= 11 is 0. The molecule has 1 aliphatic carbocycles. The van der Waals surface area contributed by atoms with Crippen molar-refractivity contribution >= 4 is 6.03 Å². The molecule has 1 saturated carbocycles. The van der Waals surface area contributed by atoms with Crippen molar-refractivity contribution in [1.29, 1.82) is 0 Å². The van der Waals surface area contributed by atoms with Gasteiger partial charge in [-0.1, -0.05) is 13.0 Å². The van der Waals surface area contributed by atoms with E-state index in [0.717, 1.165) is 25.3 Å². The third-order valence-electron chi connectivity index (χ3n) is 4.13. The van der Waals surface area contributed by atoms with Crippen molar-refractivity contribution in [3.05, 3.63) is 35.4 Å². The van der Waals surface area contributed by atoms with E-state index >= 15 is 0 Å². The van der Waals surface area contributed by atoms with Gasteiger partial charge in [-0.15, -0.1) is 0 Å². The highest BCUT2D eigenvalue weighted by molar-refractivity contribution is 5.73. The largest absolute Gasteiger partial charge is 0.393 e. The number of hydrogen-bond acceptors (Lipinski definition) is 2. The summed E-state index contributed by atoms with van der Waals surface area (Å²) in [6.07, 6.45) is 2.17. The number of hydrogen-bond donors (Lipinski definition) is 3. The fourth-order valence-electron chi connectivity index (χ4n) is 2.79. The lowest BCUT2D eigenvalue weighted by Gasteiger charge is -2.16. The topological polar surface area (TPSA) is 61.4 Å². The number of carbonyl (C=O) groups is 1. The first-order valence-electron chi connectivity index (χ1n) is 7.60. The van der Waals surface area contributed by atoms with Crippen molar-refractivity contribution in [3.8, 4) is 0 Å². The Bertz CT molecular complexity index is 525. The number of carbonyl (C=O) groups excluding carboxylic acids is 1. The van der Waals surface area contributed by atoms with Gasteiger partial charge >= 0.3 is 6.03 Å². The number of nitrogens with one attached hydrogen (secondary N) is 2. The molecule has 122 valence electrons. The predicted octanol–water partition coefficient (Wildman–Crippen LogP) is 2.53. The Hall–Kier alpha value is -1.69. The Kier molecular flexibility index (Phi) is 5.71. The van der Waals surface area contributed by atoms with E-state index in [9.17, 15) is 18.7 Å². The molecule has 0 unspecified atom stereocenters. The molecule has 1 aromatic carbocycles. The molecular formula is C16H22F2N2O2. The van der Waals surface area contributed by atoms with E-state index in [-0.39, 0.29) is 24.6 Å². The highest BCUT2D eigenvalue weighted by atomic mass is 19.1. The lowest BCUT2D eigenvalue weighted by molar-refractivity contribution is 0.177. The molecule has 0 aliphatic heterocycles. The van der Waals surface area contributed by atoms with Gasteiger partial charge in [0.1, 0.15) is 11.6 Å². The smallest absolute Gasteiger partial charge is 0.314 e. The molecule has 2 rings (SSSR count). The van der Waals surface area contributed by atoms with Gasteiger partial charge in [0.15, 0.2) is 0 Å². The molecule has 6 heteroatoms. The van der Waals surface area contributed by atoms with Gasteiger partial charge in [-0.25, -0.2) is 13.6 Å². The van der Waals surface area contributed by atoms with Crippen molar-refractivity contribution in [2.24, 2.45) is 5.92 Å². The fourth-order valence-corrected chi connectivity index (χ4v) is 2.79. The molecule has 1 aromatic rings. The van der Waals surface area contributed by atoms with E-state index in [1.807, 2.05) is 0 Å². The van der Waals surface area contributed by atoms with Crippen LogP contribution in [0.3, 0.4) is 0 Å². The van der Waals surface area contributed by atoms with Crippen LogP contribution in [0, 0.1) is 17.6 Å². The highest BCUT2D eigenvalue weighted by Gasteiger charge is 2.23. The standard InChI is InChI=1S/C16H22F2N2O2/c1-10(14-5-3-12(17)7-15(14)18)8-19-16(22)20-9-11-2-4-13(21)6-11/h3,5,7,10-11,13,21H,2,4,6,8-9H2,1H3,(H2,19,20,22)/t10-,11-,13+/m1/s1. The van der Waals surface area contributed by atoms with Crippen LogP contribution in [0.25, 0.3) is 0 Å². The predicted molar refractivity (Wildman–Crippen MR) is 79.5 cm³/mol. The lowest BCUT2D eigenvalue weighted by Crippen LogP contribution is -2.39. The average molecular weight is 312 g/mol. The van der Waals surface area contributed by atoms with Gasteiger partial charge in [0.2, 0.25) is 0 Å². The minimum absolute atomic E-state index is 0.250. The van der Waals surface area contributed by atoms with Crippen LogP contribution >= 0.6 is 0 Å². The third-order valence-corrected chi connectivity index (χ3v) is 4.13. The number of benzene rings is 1. The second-order valence-electron chi connectivity index (χ2n) is 5.99. The second kappa shape index (κ2) is 7.54. The normalized spacial score (nSPS) is 22.4. The zero-order valence-corrected chi connectivity index (χ0v) is 12.6. The van der Waals surface area contributed by atoms with Crippen LogP contribution in [0.15, 0.2) is 18.2 Å². The molecule has 22 heavy (non-hydrogen) atoms. The van der Waals surface area contributed by atoms with E-state index in [2.05, 4.69) is 10.6 Å². The van der Waals surface area contributed by atoms with E-state index in [1.54, 1.807) is 6.92 Å². The van der Waals surface area contributed by atoms with Crippen LogP contribution in [-0.4, -0.2) is 30.3 Å². The number of urea groups is 1. The maximum Gasteiger partial charge on any atom is 0.314 e. The fraction of sp³-hybridized carbons (Fsp3) is 0.562. The summed E-state index contributed by atoms with van der Waals surface area (Å²) in [4.78, 5) is 11.7. The zero-order chi connectivity index (χ0) is 16.1. The summed E-state index contributed by atoms with van der Waals surface area (Å²) < 4.78 is 26.5. The SMILES string of the molecule is C[C@H](CNC(=O)NC[C@@H]1CC[C@H](O)C1)c1ccc(F)cc1F. The summed E-state index contributed by atoms with van der Waals surface area (Å²) in [5.74, 6) is -1.15. The lowest BCUT2D eigenvalue weighted by atomic mass is 10.0. The first-order chi connectivity index (χ1) is 10.5. The van der Waals surface area contributed by atoms with Crippen LogP contribution in [-0.2, 0) is 0 Å². The molecule has 0 aromatic heterocycles. The minimum atomic E-state index is -0.613. The Morgan fingerprint density at radius 2 is 2.14 bits per heavy atom. The summed E-state index contributed by atoms with van der Waals surface area (Å²) in [5.41, 5.74) is 0.376. The summed E-state index contributed by atoms with van der Waals surface area (Å²) in [6, 6.07) is 3.14. The average Bonchev–Trinajstić information content (AvgIpc) is 2.88. The summed E-state index contributed by atoms with van der Waals surface area (Å²) in [6.45, 7) is 2.56. The molecule has 1 fully saturated rings. The van der Waals surface area contributed by atoms with E-state index in [0.29, 0.717) is 18.0 Å². The van der Waals surface area contributed by atoms with E-state index in [1.165, 1.54) is 12.1 Å². The van der Waals surface area contributed by atoms with Gasteiger partial charge in [0.25, 0.3) is 0 Å². The number of halogens is 2. The molecule has 0 radical (unpaired) electrons. The molecule has 0 saturated heterocycles. The molecule has 4 nitrogen and oxygen atoms in total. The van der Waals surface area contributed by atoms with Gasteiger partial charge in [-0.05, 0) is 36.8 Å². The number of rotatable bonds is 5.